The number of aromatic amines is 1. The van der Waals surface area contributed by atoms with E-state index in [4.69, 9.17) is 43.5 Å². The van der Waals surface area contributed by atoms with E-state index in [-0.39, 0.29) is 31.2 Å². The van der Waals surface area contributed by atoms with Crippen LogP contribution >= 0.6 is 66.4 Å². The lowest BCUT2D eigenvalue weighted by molar-refractivity contribution is 0.0522. The number of ether oxygens (including phenoxy) is 2. The molecule has 24 heteroatoms. The van der Waals surface area contributed by atoms with Crippen molar-refractivity contribution in [3.05, 3.63) is 163 Å². The number of aromatic carboxylic acids is 1. The Morgan fingerprint density at radius 3 is 2.01 bits per heavy atom. The van der Waals surface area contributed by atoms with Gasteiger partial charge in [0.05, 0.1) is 30.6 Å². The second-order valence-electron chi connectivity index (χ2n) is 19.9. The fourth-order valence-corrected chi connectivity index (χ4v) is 10.2. The maximum atomic E-state index is 12.2. The third kappa shape index (κ3) is 21.8. The van der Waals surface area contributed by atoms with Gasteiger partial charge in [-0.15, -0.1) is 11.3 Å². The molecule has 7 N–H and O–H groups in total. The van der Waals surface area contributed by atoms with Crippen LogP contribution in [-0.2, 0) is 9.47 Å². The summed E-state index contributed by atoms with van der Waals surface area (Å²) in [7, 11) is 4.20. The molecule has 0 amide bonds. The highest BCUT2D eigenvalue weighted by atomic mass is 79.9. The number of carbonyl (C=O) groups excluding carboxylic acids is 2. The predicted molar refractivity (Wildman–Crippen MR) is 354 cm³/mol. The SMILES string of the molecule is C.C.CC(=O)c1cc2ccc(Br)cc2[nH]1.CC(C)(C)OC(=O)n1ncc2cc(Nc3ccnc(Cl)n3)ccc21.CNC1CCN(C)C1.Clc1nccc(Nc2ccc(C3=CCN=C3)cc2)n1.NC1CCOC1.O=C(O)c1cc2ccc(Br)cc2s1. The molecule has 2 atom stereocenters. The number of aliphatic imine (C=N–C) groups is 1. The number of nitrogens with one attached hydrogen (secondary N) is 4. The number of likely N-dealkylation sites (N-methyl/N-ethyl adjacent to an activating group) is 2. The van der Waals surface area contributed by atoms with Gasteiger partial charge < -0.3 is 46.1 Å². The van der Waals surface area contributed by atoms with Gasteiger partial charge in [-0.2, -0.15) is 9.78 Å². The number of anilines is 4. The highest BCUT2D eigenvalue weighted by Gasteiger charge is 2.21. The number of thiophene rings is 1. The number of nitrogens with zero attached hydrogens (tertiary/aromatic N) is 8. The second kappa shape index (κ2) is 33.1. The zero-order valence-corrected chi connectivity index (χ0v) is 51.9. The Balaban J connectivity index is 0.000000195. The summed E-state index contributed by atoms with van der Waals surface area (Å²) < 4.78 is 14.5. The van der Waals surface area contributed by atoms with Gasteiger partial charge in [0.1, 0.15) is 22.1 Å². The Labute approximate surface area is 526 Å². The van der Waals surface area contributed by atoms with Gasteiger partial charge in [0.15, 0.2) is 5.78 Å². The molecule has 0 bridgehead atoms. The van der Waals surface area contributed by atoms with Crippen molar-refractivity contribution >= 4 is 151 Å². The van der Waals surface area contributed by atoms with Gasteiger partial charge in [-0.3, -0.25) is 9.79 Å². The first-order valence-electron chi connectivity index (χ1n) is 26.1. The zero-order chi connectivity index (χ0) is 59.6. The Hall–Kier alpha value is -6.99. The van der Waals surface area contributed by atoms with Crippen molar-refractivity contribution in [3.63, 3.8) is 0 Å². The van der Waals surface area contributed by atoms with Gasteiger partial charge in [0, 0.05) is 92.1 Å². The highest BCUT2D eigenvalue weighted by molar-refractivity contribution is 9.10. The number of rotatable bonds is 8. The third-order valence-corrected chi connectivity index (χ3v) is 14.7. The van der Waals surface area contributed by atoms with Gasteiger partial charge >= 0.3 is 12.1 Å². The smallest absolute Gasteiger partial charge is 0.435 e. The van der Waals surface area contributed by atoms with E-state index in [1.165, 1.54) is 35.5 Å². The van der Waals surface area contributed by atoms with E-state index in [9.17, 15) is 14.4 Å². The summed E-state index contributed by atoms with van der Waals surface area (Å²) in [5.74, 6) is 0.452. The molecule has 2 fully saturated rings. The summed E-state index contributed by atoms with van der Waals surface area (Å²) in [4.78, 5) is 59.7. The molecule has 0 saturated carbocycles. The van der Waals surface area contributed by atoms with Crippen LogP contribution in [0.5, 0.6) is 0 Å². The standard InChI is InChI=1S/C16H16ClN5O2.C14H11ClN4.C10H8BrNO.C9H5BrO2S.C6H14N2.C4H9NO.2CH4/c1-16(2,3)24-15(23)22-12-5-4-11(8-10(12)9-19-22)20-13-6-7-18-14(17)21-13;15-14-17-8-6-13(19-14)18-12-3-1-10(2-4-12)11-5-7-16-9-11;1-6(13)9-4-7-2-3-8(11)5-10(7)12-9;10-6-2-1-5-3-8(9(11)12)13-7(5)4-6;1-7-6-3-4-8(2)5-6;5-4-1-2-6-3-4;;/h4-9H,1-3H3,(H,18,20,21);1-6,8-9H,7H2,(H,17,18,19);2-5,12H,1H3;1-4H,(H,11,12);6-7H,3-5H2,1-2H3;4H,1-3,5H2;2*1H4. The molecule has 85 heavy (non-hydrogen) atoms. The molecule has 5 aromatic heterocycles. The molecule has 2 unspecified atom stereocenters. The van der Waals surface area contributed by atoms with E-state index < -0.39 is 17.7 Å². The van der Waals surface area contributed by atoms with Crippen LogP contribution in [0.3, 0.4) is 0 Å². The maximum absolute atomic E-state index is 12.2. The molecule has 0 aliphatic carbocycles. The molecular formula is C61H71Br2Cl2N13O6S. The number of likely N-dealkylation sites (tertiary alicyclic amines) is 1. The molecule has 450 valence electrons. The van der Waals surface area contributed by atoms with E-state index in [1.807, 2.05) is 113 Å². The lowest BCUT2D eigenvalue weighted by Gasteiger charge is -2.19. The molecule has 4 aromatic carbocycles. The number of carbonyl (C=O) groups is 3. The van der Waals surface area contributed by atoms with Crippen molar-refractivity contribution in [3.8, 4) is 0 Å². The number of halogens is 4. The quantitative estimate of drug-likeness (QED) is 0.0611. The minimum atomic E-state index is -0.864. The monoisotopic (exact) mass is 1340 g/mol. The molecule has 3 aliphatic heterocycles. The average molecular weight is 1350 g/mol. The van der Waals surface area contributed by atoms with Crippen molar-refractivity contribution in [2.75, 3.05) is 57.6 Å². The largest absolute Gasteiger partial charge is 0.477 e. The summed E-state index contributed by atoms with van der Waals surface area (Å²) in [6.45, 7) is 11.9. The van der Waals surface area contributed by atoms with E-state index in [1.54, 1.807) is 49.8 Å². The lowest BCUT2D eigenvalue weighted by Crippen LogP contribution is -2.27. The average Bonchev–Trinajstić information content (AvgIpc) is 4.50. The number of ketones is 1. The lowest BCUT2D eigenvalue weighted by atomic mass is 10.1. The molecular weight excluding hydrogens is 1270 g/mol. The van der Waals surface area contributed by atoms with E-state index in [2.05, 4.69) is 101 Å². The Morgan fingerprint density at radius 2 is 1.48 bits per heavy atom. The van der Waals surface area contributed by atoms with Crippen LogP contribution in [0, 0.1) is 0 Å². The van der Waals surface area contributed by atoms with Crippen molar-refractivity contribution in [2.45, 2.75) is 73.1 Å². The molecule has 0 radical (unpaired) electrons. The van der Waals surface area contributed by atoms with Crippen LogP contribution in [0.4, 0.5) is 27.8 Å². The van der Waals surface area contributed by atoms with Gasteiger partial charge in [0.2, 0.25) is 10.6 Å². The van der Waals surface area contributed by atoms with Crippen molar-refractivity contribution < 1.29 is 29.0 Å². The summed E-state index contributed by atoms with van der Waals surface area (Å²) in [5, 5.41) is 25.6. The number of benzene rings is 4. The summed E-state index contributed by atoms with van der Waals surface area (Å²) in [6.07, 6.45) is 10.6. The molecule has 0 spiro atoms. The number of fused-ring (bicyclic) bond motifs is 3. The maximum Gasteiger partial charge on any atom is 0.435 e. The first kappa shape index (κ1) is 68.8. The third-order valence-electron chi connectivity index (χ3n) is 12.2. The fraction of sp³-hybridized carbons (Fsp3) is 0.295. The van der Waals surface area contributed by atoms with E-state index in [0.717, 1.165) is 90.1 Å². The number of nitrogens with two attached hydrogens (primary N) is 1. The van der Waals surface area contributed by atoms with Crippen LogP contribution in [0.1, 0.15) is 81.1 Å². The Bertz CT molecular complexity index is 3620. The Kier molecular flexibility index (Phi) is 26.8. The fourth-order valence-electron chi connectivity index (χ4n) is 8.08. The second-order valence-corrected chi connectivity index (χ2v) is 23.5. The minimum Gasteiger partial charge on any atom is -0.477 e. The molecule has 12 rings (SSSR count). The molecule has 8 heterocycles. The number of allylic oxidation sites excluding steroid dienone is 1. The number of Topliss-reactive ketones (excluding diaryl/α,β-unsaturated/α-hetero) is 1. The molecule has 3 aliphatic rings. The van der Waals surface area contributed by atoms with E-state index >= 15 is 0 Å². The van der Waals surface area contributed by atoms with Crippen molar-refractivity contribution in [2.24, 2.45) is 10.7 Å². The first-order chi connectivity index (χ1) is 39.7. The normalized spacial score (nSPS) is 14.9. The van der Waals surface area contributed by atoms with Gasteiger partial charge in [0.25, 0.3) is 0 Å². The summed E-state index contributed by atoms with van der Waals surface area (Å²) in [5.41, 5.74) is 11.2. The number of carboxylic acids is 1. The van der Waals surface area contributed by atoms with Crippen molar-refractivity contribution in [1.29, 1.82) is 0 Å². The summed E-state index contributed by atoms with van der Waals surface area (Å²) in [6, 6.07) is 33.3. The molecule has 9 aromatic rings. The number of carboxylic acid groups (broad SMARTS) is 1. The predicted octanol–water partition coefficient (Wildman–Crippen LogP) is 14.8. The van der Waals surface area contributed by atoms with Crippen LogP contribution in [0.2, 0.25) is 10.6 Å². The minimum absolute atomic E-state index is 0. The van der Waals surface area contributed by atoms with Crippen LogP contribution in [0.15, 0.2) is 142 Å². The topological polar surface area (TPSA) is 253 Å². The van der Waals surface area contributed by atoms with Crippen LogP contribution in [-0.4, -0.2) is 133 Å². The van der Waals surface area contributed by atoms with E-state index in [0.29, 0.717) is 33.8 Å². The van der Waals surface area contributed by atoms with Crippen LogP contribution < -0.4 is 21.7 Å². The summed E-state index contributed by atoms with van der Waals surface area (Å²) >= 11 is 19.5. The number of hydrogen-bond acceptors (Lipinski definition) is 17. The Morgan fingerprint density at radius 1 is 0.835 bits per heavy atom. The zero-order valence-electron chi connectivity index (χ0n) is 46.4. The van der Waals surface area contributed by atoms with Gasteiger partial charge in [-0.1, -0.05) is 77.1 Å². The molecule has 2 saturated heterocycles. The number of hydrogen-bond donors (Lipinski definition) is 6. The van der Waals surface area contributed by atoms with Gasteiger partial charge in [-0.25, -0.2) is 29.5 Å². The number of H-pyrrole nitrogens is 1. The molecule has 19 nitrogen and oxygen atoms in total. The van der Waals surface area contributed by atoms with Crippen LogP contribution in [0.25, 0.3) is 37.5 Å². The number of aromatic nitrogens is 7. The highest BCUT2D eigenvalue weighted by Crippen LogP contribution is 2.29. The van der Waals surface area contributed by atoms with Gasteiger partial charge in [-0.05, 0) is 173 Å². The first-order valence-corrected chi connectivity index (χ1v) is 29.3. The van der Waals surface area contributed by atoms with Crippen molar-refractivity contribution in [1.82, 2.24) is 44.9 Å².